The first-order valence-electron chi connectivity index (χ1n) is 12.8. The normalized spacial score (nSPS) is 10.7. The number of hydrogen-bond donors (Lipinski definition) is 0. The maximum Gasteiger partial charge on any atom is 0.223 e. The Morgan fingerprint density at radius 1 is 0.647 bits per heavy atom. The Hall–Kier alpha value is -3.07. The summed E-state index contributed by atoms with van der Waals surface area (Å²) in [6, 6.07) is 28.6. The predicted molar refractivity (Wildman–Crippen MR) is 141 cm³/mol. The van der Waals surface area contributed by atoms with E-state index in [1.807, 2.05) is 53.4 Å². The first-order chi connectivity index (χ1) is 16.7. The van der Waals surface area contributed by atoms with E-state index in [-0.39, 0.29) is 5.91 Å². The molecule has 180 valence electrons. The maximum atomic E-state index is 13.1. The van der Waals surface area contributed by atoms with Gasteiger partial charge in [0.15, 0.2) is 0 Å². The Bertz CT molecular complexity index is 938. The van der Waals surface area contributed by atoms with Crippen LogP contribution in [-0.2, 0) is 24.5 Å². The van der Waals surface area contributed by atoms with E-state index in [0.717, 1.165) is 29.7 Å². The fourth-order valence-electron chi connectivity index (χ4n) is 4.08. The molecule has 0 aliphatic carbocycles. The quantitative estimate of drug-likeness (QED) is 0.217. The molecule has 0 saturated heterocycles. The van der Waals surface area contributed by atoms with Crippen LogP contribution in [0, 0.1) is 0 Å². The number of hydrogen-bond acceptors (Lipinski definition) is 2. The molecule has 0 atom stereocenters. The molecule has 0 radical (unpaired) electrons. The van der Waals surface area contributed by atoms with Gasteiger partial charge in [0.05, 0.1) is 0 Å². The molecule has 0 fully saturated rings. The SMILES string of the molecule is CCCCCCCCCC(=O)N(Cc1ccccc1)Cc1ccc(OCc2ccccc2)cc1. The minimum Gasteiger partial charge on any atom is -0.489 e. The molecule has 3 aromatic carbocycles. The molecular formula is C31H39NO2. The molecule has 34 heavy (non-hydrogen) atoms. The minimum absolute atomic E-state index is 0.238. The topological polar surface area (TPSA) is 29.5 Å². The van der Waals surface area contributed by atoms with Gasteiger partial charge in [-0.15, -0.1) is 0 Å². The molecule has 0 unspecified atom stereocenters. The molecule has 0 saturated carbocycles. The van der Waals surface area contributed by atoms with Crippen LogP contribution in [0.15, 0.2) is 84.9 Å². The van der Waals surface area contributed by atoms with Crippen molar-refractivity contribution < 1.29 is 9.53 Å². The van der Waals surface area contributed by atoms with Gasteiger partial charge in [-0.2, -0.15) is 0 Å². The molecule has 1 amide bonds. The molecule has 3 rings (SSSR count). The Balaban J connectivity index is 1.53. The van der Waals surface area contributed by atoms with E-state index in [1.165, 1.54) is 37.7 Å². The van der Waals surface area contributed by atoms with Crippen LogP contribution in [0.25, 0.3) is 0 Å². The number of nitrogens with zero attached hydrogens (tertiary/aromatic N) is 1. The van der Waals surface area contributed by atoms with Crippen LogP contribution in [0.5, 0.6) is 5.75 Å². The molecule has 3 aromatic rings. The Labute approximate surface area is 205 Å². The van der Waals surface area contributed by atoms with Crippen molar-refractivity contribution in [1.29, 1.82) is 0 Å². The van der Waals surface area contributed by atoms with Gasteiger partial charge in [0.1, 0.15) is 12.4 Å². The zero-order valence-corrected chi connectivity index (χ0v) is 20.6. The standard InChI is InChI=1S/C31H39NO2/c1-2-3-4-5-6-7-14-19-31(33)32(24-27-15-10-8-11-16-27)25-28-20-22-30(23-21-28)34-26-29-17-12-9-13-18-29/h8-13,15-18,20-23H,2-7,14,19,24-26H2,1H3. The van der Waals surface area contributed by atoms with Gasteiger partial charge in [-0.25, -0.2) is 0 Å². The van der Waals surface area contributed by atoms with Crippen LogP contribution in [0.3, 0.4) is 0 Å². The molecule has 0 aromatic heterocycles. The number of carbonyl (C=O) groups excluding carboxylic acids is 1. The highest BCUT2D eigenvalue weighted by Gasteiger charge is 2.14. The summed E-state index contributed by atoms with van der Waals surface area (Å²) >= 11 is 0. The van der Waals surface area contributed by atoms with E-state index < -0.39 is 0 Å². The van der Waals surface area contributed by atoms with E-state index in [0.29, 0.717) is 26.1 Å². The van der Waals surface area contributed by atoms with Gasteiger partial charge in [-0.3, -0.25) is 4.79 Å². The van der Waals surface area contributed by atoms with Gasteiger partial charge in [0.25, 0.3) is 0 Å². The van der Waals surface area contributed by atoms with Crippen molar-refractivity contribution in [1.82, 2.24) is 4.90 Å². The summed E-state index contributed by atoms with van der Waals surface area (Å²) < 4.78 is 5.92. The van der Waals surface area contributed by atoms with Gasteiger partial charge in [-0.1, -0.05) is 118 Å². The van der Waals surface area contributed by atoms with E-state index in [2.05, 4.69) is 43.3 Å². The van der Waals surface area contributed by atoms with E-state index >= 15 is 0 Å². The van der Waals surface area contributed by atoms with E-state index in [9.17, 15) is 4.79 Å². The van der Waals surface area contributed by atoms with Gasteiger partial charge < -0.3 is 9.64 Å². The summed E-state index contributed by atoms with van der Waals surface area (Å²) in [7, 11) is 0. The van der Waals surface area contributed by atoms with Crippen LogP contribution in [0.2, 0.25) is 0 Å². The van der Waals surface area contributed by atoms with Crippen molar-refractivity contribution in [3.05, 3.63) is 102 Å². The van der Waals surface area contributed by atoms with E-state index in [4.69, 9.17) is 4.74 Å². The molecule has 3 nitrogen and oxygen atoms in total. The summed E-state index contributed by atoms with van der Waals surface area (Å²) in [6.45, 7) is 4.05. The molecule has 0 bridgehead atoms. The Kier molecular flexibility index (Phi) is 11.2. The fraction of sp³-hybridized carbons (Fsp3) is 0.387. The first kappa shape index (κ1) is 25.6. The van der Waals surface area contributed by atoms with Gasteiger partial charge in [0, 0.05) is 19.5 Å². The van der Waals surface area contributed by atoms with Crippen molar-refractivity contribution in [3.8, 4) is 5.75 Å². The highest BCUT2D eigenvalue weighted by molar-refractivity contribution is 5.76. The third-order valence-electron chi connectivity index (χ3n) is 6.11. The van der Waals surface area contributed by atoms with Crippen molar-refractivity contribution in [2.75, 3.05) is 0 Å². The molecule has 0 aliphatic rings. The number of benzene rings is 3. The highest BCUT2D eigenvalue weighted by atomic mass is 16.5. The second-order valence-electron chi connectivity index (χ2n) is 9.02. The van der Waals surface area contributed by atoms with Crippen molar-refractivity contribution in [3.63, 3.8) is 0 Å². The summed E-state index contributed by atoms with van der Waals surface area (Å²) in [5.41, 5.74) is 3.44. The highest BCUT2D eigenvalue weighted by Crippen LogP contribution is 2.18. The molecular weight excluding hydrogens is 418 g/mol. The molecule has 3 heteroatoms. The lowest BCUT2D eigenvalue weighted by Crippen LogP contribution is -2.29. The zero-order valence-electron chi connectivity index (χ0n) is 20.6. The molecule has 0 N–H and O–H groups in total. The summed E-state index contributed by atoms with van der Waals surface area (Å²) in [4.78, 5) is 15.1. The number of amides is 1. The van der Waals surface area contributed by atoms with Crippen LogP contribution in [0.1, 0.15) is 75.0 Å². The third kappa shape index (κ3) is 9.43. The monoisotopic (exact) mass is 457 g/mol. The lowest BCUT2D eigenvalue weighted by molar-refractivity contribution is -0.132. The average molecular weight is 458 g/mol. The number of ether oxygens (including phenoxy) is 1. The molecule has 0 heterocycles. The van der Waals surface area contributed by atoms with Crippen LogP contribution < -0.4 is 4.74 Å². The Morgan fingerprint density at radius 2 is 1.18 bits per heavy atom. The van der Waals surface area contributed by atoms with Crippen LogP contribution in [0.4, 0.5) is 0 Å². The second-order valence-corrected chi connectivity index (χ2v) is 9.02. The molecule has 0 aliphatic heterocycles. The first-order valence-corrected chi connectivity index (χ1v) is 12.8. The lowest BCUT2D eigenvalue weighted by atomic mass is 10.1. The number of rotatable bonds is 15. The van der Waals surface area contributed by atoms with E-state index in [1.54, 1.807) is 0 Å². The second kappa shape index (κ2) is 15.0. The fourth-order valence-corrected chi connectivity index (χ4v) is 4.08. The smallest absolute Gasteiger partial charge is 0.223 e. The summed E-state index contributed by atoms with van der Waals surface area (Å²) in [5.74, 6) is 1.08. The van der Waals surface area contributed by atoms with Crippen molar-refractivity contribution in [2.24, 2.45) is 0 Å². The van der Waals surface area contributed by atoms with Crippen LogP contribution in [-0.4, -0.2) is 10.8 Å². The largest absolute Gasteiger partial charge is 0.489 e. The predicted octanol–water partition coefficient (Wildman–Crippen LogP) is 7.94. The number of carbonyl (C=O) groups is 1. The van der Waals surface area contributed by atoms with Crippen molar-refractivity contribution >= 4 is 5.91 Å². The molecule has 0 spiro atoms. The lowest BCUT2D eigenvalue weighted by Gasteiger charge is -2.23. The van der Waals surface area contributed by atoms with Gasteiger partial charge in [-0.05, 0) is 35.2 Å². The minimum atomic E-state index is 0.238. The Morgan fingerprint density at radius 3 is 1.79 bits per heavy atom. The van der Waals surface area contributed by atoms with Gasteiger partial charge in [0.2, 0.25) is 5.91 Å². The average Bonchev–Trinajstić information content (AvgIpc) is 2.88. The third-order valence-corrected chi connectivity index (χ3v) is 6.11. The zero-order chi connectivity index (χ0) is 23.8. The summed E-state index contributed by atoms with van der Waals surface area (Å²) in [6.07, 6.45) is 9.16. The van der Waals surface area contributed by atoms with Crippen LogP contribution >= 0.6 is 0 Å². The van der Waals surface area contributed by atoms with Gasteiger partial charge >= 0.3 is 0 Å². The summed E-state index contributed by atoms with van der Waals surface area (Å²) in [5, 5.41) is 0. The van der Waals surface area contributed by atoms with Crippen molar-refractivity contribution in [2.45, 2.75) is 78.0 Å². The number of unbranched alkanes of at least 4 members (excludes halogenated alkanes) is 6. The maximum absolute atomic E-state index is 13.1.